The van der Waals surface area contributed by atoms with Crippen molar-refractivity contribution in [3.63, 3.8) is 0 Å². The van der Waals surface area contributed by atoms with Gasteiger partial charge in [0.25, 0.3) is 11.8 Å². The standard InChI is InChI=1S/C19H27Cl2N3O2/c1-13(19(26)24(3)14-8-5-4-6-9-14)23(2)12-17(25)22-18-15(20)10-7-11-16(18)21/h7,10-11,13-14H,4-6,8-9,12H2,1-3H3,(H,22,25)/p+1/t13-/m0/s1. The smallest absolute Gasteiger partial charge is 0.280 e. The third kappa shape index (κ3) is 5.35. The second-order valence-corrected chi connectivity index (χ2v) is 7.95. The first-order valence-electron chi connectivity index (χ1n) is 9.14. The number of likely N-dealkylation sites (N-methyl/N-ethyl adjacent to an activating group) is 2. The lowest BCUT2D eigenvalue weighted by Gasteiger charge is -2.33. The number of amides is 2. The highest BCUT2D eigenvalue weighted by Gasteiger charge is 2.31. The molecular formula is C19H28Cl2N3O2+. The lowest BCUT2D eigenvalue weighted by atomic mass is 9.94. The van der Waals surface area contributed by atoms with Crippen LogP contribution < -0.4 is 10.2 Å². The minimum absolute atomic E-state index is 0.0815. The quantitative estimate of drug-likeness (QED) is 0.770. The molecule has 1 saturated carbocycles. The van der Waals surface area contributed by atoms with Crippen molar-refractivity contribution in [3.8, 4) is 0 Å². The van der Waals surface area contributed by atoms with Gasteiger partial charge in [0, 0.05) is 13.1 Å². The summed E-state index contributed by atoms with van der Waals surface area (Å²) in [5, 5.41) is 3.53. The summed E-state index contributed by atoms with van der Waals surface area (Å²) in [4.78, 5) is 27.8. The zero-order chi connectivity index (χ0) is 19.3. The first kappa shape index (κ1) is 21.0. The van der Waals surface area contributed by atoms with Gasteiger partial charge in [-0.3, -0.25) is 9.59 Å². The van der Waals surface area contributed by atoms with Crippen molar-refractivity contribution in [2.75, 3.05) is 26.0 Å². The van der Waals surface area contributed by atoms with Crippen molar-refractivity contribution in [2.45, 2.75) is 51.1 Å². The summed E-state index contributed by atoms with van der Waals surface area (Å²) in [6.07, 6.45) is 5.75. The average molecular weight is 401 g/mol. The third-order valence-electron chi connectivity index (χ3n) is 5.25. The Morgan fingerprint density at radius 2 is 1.81 bits per heavy atom. The van der Waals surface area contributed by atoms with Gasteiger partial charge in [0.05, 0.1) is 22.8 Å². The molecule has 1 unspecified atom stereocenters. The summed E-state index contributed by atoms with van der Waals surface area (Å²) in [6, 6.07) is 5.09. The van der Waals surface area contributed by atoms with Gasteiger partial charge in [-0.05, 0) is 31.9 Å². The molecule has 1 aromatic rings. The fourth-order valence-corrected chi connectivity index (χ4v) is 3.86. The van der Waals surface area contributed by atoms with Gasteiger partial charge in [-0.2, -0.15) is 0 Å². The summed E-state index contributed by atoms with van der Waals surface area (Å²) >= 11 is 12.2. The van der Waals surface area contributed by atoms with E-state index < -0.39 is 0 Å². The second kappa shape index (κ2) is 9.58. The number of anilines is 1. The normalized spacial score (nSPS) is 17.4. The Morgan fingerprint density at radius 3 is 2.38 bits per heavy atom. The number of hydrogen-bond acceptors (Lipinski definition) is 2. The molecule has 0 heterocycles. The maximum atomic E-state index is 12.8. The molecule has 0 aromatic heterocycles. The molecule has 144 valence electrons. The second-order valence-electron chi connectivity index (χ2n) is 7.13. The summed E-state index contributed by atoms with van der Waals surface area (Å²) in [5.74, 6) is -0.143. The Hall–Kier alpha value is -1.30. The molecule has 5 nitrogen and oxygen atoms in total. The number of benzene rings is 1. The fourth-order valence-electron chi connectivity index (χ4n) is 3.37. The van der Waals surface area contributed by atoms with E-state index in [1.165, 1.54) is 19.3 Å². The third-order valence-corrected chi connectivity index (χ3v) is 5.88. The molecule has 1 fully saturated rings. The van der Waals surface area contributed by atoms with E-state index >= 15 is 0 Å². The van der Waals surface area contributed by atoms with Crippen LogP contribution in [-0.4, -0.2) is 49.4 Å². The van der Waals surface area contributed by atoms with Crippen molar-refractivity contribution in [1.29, 1.82) is 0 Å². The number of para-hydroxylation sites is 1. The summed E-state index contributed by atoms with van der Waals surface area (Å²) < 4.78 is 0. The highest BCUT2D eigenvalue weighted by Crippen LogP contribution is 2.29. The molecule has 0 spiro atoms. The van der Waals surface area contributed by atoms with Crippen LogP contribution in [0.2, 0.25) is 10.0 Å². The largest absolute Gasteiger partial charge is 0.338 e. The fraction of sp³-hybridized carbons (Fsp3) is 0.579. The van der Waals surface area contributed by atoms with Crippen molar-refractivity contribution in [1.82, 2.24) is 4.90 Å². The summed E-state index contributed by atoms with van der Waals surface area (Å²) in [5.41, 5.74) is 0.409. The van der Waals surface area contributed by atoms with Crippen molar-refractivity contribution < 1.29 is 14.5 Å². The van der Waals surface area contributed by atoms with Crippen LogP contribution in [0.5, 0.6) is 0 Å². The summed E-state index contributed by atoms with van der Waals surface area (Å²) in [6.45, 7) is 2.03. The highest BCUT2D eigenvalue weighted by molar-refractivity contribution is 6.39. The van der Waals surface area contributed by atoms with E-state index in [0.717, 1.165) is 17.7 Å². The maximum Gasteiger partial charge on any atom is 0.280 e. The molecule has 0 bridgehead atoms. The Kier molecular flexibility index (Phi) is 7.74. The molecule has 7 heteroatoms. The number of nitrogens with zero attached hydrogens (tertiary/aromatic N) is 1. The van der Waals surface area contributed by atoms with Crippen LogP contribution in [-0.2, 0) is 9.59 Å². The van der Waals surface area contributed by atoms with Crippen LogP contribution in [0.1, 0.15) is 39.0 Å². The van der Waals surface area contributed by atoms with Gasteiger partial charge in [-0.1, -0.05) is 48.5 Å². The van der Waals surface area contributed by atoms with Crippen LogP contribution in [0.4, 0.5) is 5.69 Å². The first-order chi connectivity index (χ1) is 12.3. The van der Waals surface area contributed by atoms with Crippen LogP contribution >= 0.6 is 23.2 Å². The molecule has 0 radical (unpaired) electrons. The SMILES string of the molecule is C[C@@H](C(=O)N(C)C1CCCCC1)[NH+](C)CC(=O)Nc1c(Cl)cccc1Cl. The number of carbonyl (C=O) groups excluding carboxylic acids is 2. The van der Waals surface area contributed by atoms with Crippen molar-refractivity contribution in [3.05, 3.63) is 28.2 Å². The van der Waals surface area contributed by atoms with E-state index in [9.17, 15) is 9.59 Å². The monoisotopic (exact) mass is 400 g/mol. The lowest BCUT2D eigenvalue weighted by Crippen LogP contribution is -3.15. The highest BCUT2D eigenvalue weighted by atomic mass is 35.5. The summed E-state index contributed by atoms with van der Waals surface area (Å²) in [7, 11) is 3.73. The van der Waals surface area contributed by atoms with Crippen LogP contribution in [0.3, 0.4) is 0 Å². The molecular weight excluding hydrogens is 373 g/mol. The van der Waals surface area contributed by atoms with Crippen molar-refractivity contribution in [2.24, 2.45) is 0 Å². The Balaban J connectivity index is 1.92. The first-order valence-corrected chi connectivity index (χ1v) is 9.89. The van der Waals surface area contributed by atoms with E-state index in [4.69, 9.17) is 23.2 Å². The Labute approximate surface area is 165 Å². The molecule has 0 saturated heterocycles. The lowest BCUT2D eigenvalue weighted by molar-refractivity contribution is -0.886. The Bertz CT molecular complexity index is 627. The van der Waals surface area contributed by atoms with Gasteiger partial charge in [0.2, 0.25) is 0 Å². The topological polar surface area (TPSA) is 53.9 Å². The van der Waals surface area contributed by atoms with Gasteiger partial charge in [0.15, 0.2) is 12.6 Å². The molecule has 1 aromatic carbocycles. The number of carbonyl (C=O) groups is 2. The average Bonchev–Trinajstić information content (AvgIpc) is 2.63. The zero-order valence-electron chi connectivity index (χ0n) is 15.6. The number of hydrogen-bond donors (Lipinski definition) is 2. The molecule has 26 heavy (non-hydrogen) atoms. The Morgan fingerprint density at radius 1 is 1.23 bits per heavy atom. The number of halogens is 2. The van der Waals surface area contributed by atoms with Gasteiger partial charge < -0.3 is 15.1 Å². The molecule has 2 rings (SSSR count). The molecule has 0 aliphatic heterocycles. The van der Waals surface area contributed by atoms with E-state index in [1.54, 1.807) is 18.2 Å². The molecule has 1 aliphatic rings. The molecule has 2 atom stereocenters. The van der Waals surface area contributed by atoms with E-state index in [2.05, 4.69) is 5.32 Å². The van der Waals surface area contributed by atoms with Crippen LogP contribution in [0.25, 0.3) is 0 Å². The van der Waals surface area contributed by atoms with Gasteiger partial charge in [0.1, 0.15) is 0 Å². The predicted molar refractivity (Wildman–Crippen MR) is 106 cm³/mol. The van der Waals surface area contributed by atoms with Gasteiger partial charge in [-0.15, -0.1) is 0 Å². The van der Waals surface area contributed by atoms with Crippen molar-refractivity contribution >= 4 is 40.7 Å². The molecule has 1 aliphatic carbocycles. The van der Waals surface area contributed by atoms with Gasteiger partial charge >= 0.3 is 0 Å². The minimum Gasteiger partial charge on any atom is -0.338 e. The zero-order valence-corrected chi connectivity index (χ0v) is 17.2. The van der Waals surface area contributed by atoms with E-state index in [1.807, 2.05) is 25.9 Å². The predicted octanol–water partition coefficient (Wildman–Crippen LogP) is 2.63. The molecule has 2 N–H and O–H groups in total. The maximum absolute atomic E-state index is 12.8. The van der Waals surface area contributed by atoms with E-state index in [-0.39, 0.29) is 24.4 Å². The van der Waals surface area contributed by atoms with E-state index in [0.29, 0.717) is 21.8 Å². The number of quaternary nitrogens is 1. The molecule has 2 amide bonds. The van der Waals surface area contributed by atoms with Crippen LogP contribution in [0.15, 0.2) is 18.2 Å². The number of rotatable bonds is 6. The van der Waals surface area contributed by atoms with Gasteiger partial charge in [-0.25, -0.2) is 0 Å². The van der Waals surface area contributed by atoms with Crippen LogP contribution in [0, 0.1) is 0 Å². The number of nitrogens with one attached hydrogen (secondary N) is 2. The minimum atomic E-state index is -0.297.